The van der Waals surface area contributed by atoms with Crippen LogP contribution in [0, 0.1) is 6.07 Å². The Bertz CT molecular complexity index is 276. The van der Waals surface area contributed by atoms with Crippen molar-refractivity contribution in [3.63, 3.8) is 0 Å². The van der Waals surface area contributed by atoms with Gasteiger partial charge in [-0.2, -0.15) is 0 Å². The number of nitrogens with zero attached hydrogens (tertiary/aromatic N) is 2. The van der Waals surface area contributed by atoms with E-state index >= 15 is 0 Å². The van der Waals surface area contributed by atoms with Gasteiger partial charge in [0.1, 0.15) is 5.69 Å². The monoisotopic (exact) mass is 168 g/mol. The topological polar surface area (TPSA) is 68.9 Å². The SMILES string of the molecule is CSc1nc[c]c(C(N)=O)n1. The average Bonchev–Trinajstić information content (AvgIpc) is 2.05. The highest BCUT2D eigenvalue weighted by molar-refractivity contribution is 7.98. The first kappa shape index (κ1) is 8.00. The highest BCUT2D eigenvalue weighted by Crippen LogP contribution is 2.06. The summed E-state index contributed by atoms with van der Waals surface area (Å²) in [6, 6.07) is 2.53. The lowest BCUT2D eigenvalue weighted by molar-refractivity contribution is 0.0994. The number of nitrogens with two attached hydrogens (primary N) is 1. The Morgan fingerprint density at radius 1 is 1.82 bits per heavy atom. The molecule has 0 fully saturated rings. The van der Waals surface area contributed by atoms with Crippen LogP contribution >= 0.6 is 11.8 Å². The zero-order chi connectivity index (χ0) is 8.27. The minimum absolute atomic E-state index is 0.129. The zero-order valence-corrected chi connectivity index (χ0v) is 6.68. The first-order chi connectivity index (χ1) is 5.24. The number of thioether (sulfide) groups is 1. The van der Waals surface area contributed by atoms with Crippen LogP contribution in [0.2, 0.25) is 0 Å². The fraction of sp³-hybridized carbons (Fsp3) is 0.167. The van der Waals surface area contributed by atoms with Crippen LogP contribution in [-0.2, 0) is 0 Å². The second-order valence-corrected chi connectivity index (χ2v) is 2.49. The number of aromatic nitrogens is 2. The van der Waals surface area contributed by atoms with Crippen molar-refractivity contribution in [2.24, 2.45) is 5.73 Å². The average molecular weight is 168 g/mol. The van der Waals surface area contributed by atoms with Crippen LogP contribution in [0.15, 0.2) is 11.4 Å². The molecule has 0 aliphatic heterocycles. The summed E-state index contributed by atoms with van der Waals surface area (Å²) in [6.45, 7) is 0. The number of primary amides is 1. The van der Waals surface area contributed by atoms with Gasteiger partial charge >= 0.3 is 0 Å². The lowest BCUT2D eigenvalue weighted by Crippen LogP contribution is -2.13. The molecule has 0 saturated heterocycles. The molecule has 4 nitrogen and oxygen atoms in total. The molecule has 1 amide bonds. The lowest BCUT2D eigenvalue weighted by atomic mass is 10.4. The van der Waals surface area contributed by atoms with Gasteiger partial charge in [0.15, 0.2) is 5.16 Å². The van der Waals surface area contributed by atoms with E-state index in [0.717, 1.165) is 0 Å². The quantitative estimate of drug-likeness (QED) is 0.502. The van der Waals surface area contributed by atoms with Crippen molar-refractivity contribution >= 4 is 17.7 Å². The van der Waals surface area contributed by atoms with Crippen molar-refractivity contribution in [2.75, 3.05) is 6.26 Å². The van der Waals surface area contributed by atoms with Gasteiger partial charge in [-0.05, 0) is 6.26 Å². The zero-order valence-electron chi connectivity index (χ0n) is 5.87. The van der Waals surface area contributed by atoms with Gasteiger partial charge in [-0.1, -0.05) is 11.8 Å². The van der Waals surface area contributed by atoms with Crippen LogP contribution in [0.25, 0.3) is 0 Å². The van der Waals surface area contributed by atoms with Crippen molar-refractivity contribution in [3.8, 4) is 0 Å². The van der Waals surface area contributed by atoms with Crippen molar-refractivity contribution in [1.82, 2.24) is 9.97 Å². The Hall–Kier alpha value is -1.10. The molecule has 5 heteroatoms. The van der Waals surface area contributed by atoms with Gasteiger partial charge in [0, 0.05) is 12.3 Å². The Labute approximate surface area is 68.2 Å². The molecule has 57 valence electrons. The standard InChI is InChI=1S/C6H6N3OS/c1-11-6-8-3-2-4(9-6)5(7)10/h3H,1H3,(H2,7,10). The fourth-order valence-corrected chi connectivity index (χ4v) is 0.871. The third-order valence-electron chi connectivity index (χ3n) is 1.000. The lowest BCUT2D eigenvalue weighted by Gasteiger charge is -1.94. The Balaban J connectivity index is 3.01. The van der Waals surface area contributed by atoms with E-state index in [0.29, 0.717) is 5.16 Å². The summed E-state index contributed by atoms with van der Waals surface area (Å²) in [5, 5.41) is 0.526. The normalized spacial score (nSPS) is 9.55. The third-order valence-corrected chi connectivity index (χ3v) is 1.56. The minimum atomic E-state index is -0.581. The van der Waals surface area contributed by atoms with Crippen molar-refractivity contribution < 1.29 is 4.79 Å². The van der Waals surface area contributed by atoms with Gasteiger partial charge in [-0.3, -0.25) is 4.79 Å². The van der Waals surface area contributed by atoms with Gasteiger partial charge in [0.25, 0.3) is 5.91 Å². The van der Waals surface area contributed by atoms with Gasteiger partial charge in [-0.15, -0.1) is 0 Å². The van der Waals surface area contributed by atoms with E-state index in [2.05, 4.69) is 16.0 Å². The Kier molecular flexibility index (Phi) is 2.43. The van der Waals surface area contributed by atoms with E-state index < -0.39 is 5.91 Å². The number of amides is 1. The van der Waals surface area contributed by atoms with Crippen LogP contribution < -0.4 is 5.73 Å². The van der Waals surface area contributed by atoms with Crippen LogP contribution in [-0.4, -0.2) is 22.1 Å². The molecule has 0 unspecified atom stereocenters. The molecule has 0 aliphatic carbocycles. The molecule has 2 N–H and O–H groups in total. The molecule has 1 radical (unpaired) electrons. The van der Waals surface area contributed by atoms with E-state index in [-0.39, 0.29) is 5.69 Å². The number of rotatable bonds is 2. The summed E-state index contributed by atoms with van der Waals surface area (Å²) in [5.41, 5.74) is 5.10. The summed E-state index contributed by atoms with van der Waals surface area (Å²) < 4.78 is 0. The smallest absolute Gasteiger partial charge is 0.268 e. The minimum Gasteiger partial charge on any atom is -0.364 e. The summed E-state index contributed by atoms with van der Waals surface area (Å²) in [4.78, 5) is 18.2. The van der Waals surface area contributed by atoms with Crippen LogP contribution in [0.4, 0.5) is 0 Å². The Morgan fingerprint density at radius 2 is 2.55 bits per heavy atom. The van der Waals surface area contributed by atoms with E-state index in [1.807, 2.05) is 6.26 Å². The maximum absolute atomic E-state index is 10.6. The number of carbonyl (C=O) groups is 1. The van der Waals surface area contributed by atoms with Gasteiger partial charge in [-0.25, -0.2) is 9.97 Å². The summed E-state index contributed by atoms with van der Waals surface area (Å²) in [6.07, 6.45) is 3.21. The number of hydrogen-bond donors (Lipinski definition) is 1. The maximum atomic E-state index is 10.6. The summed E-state index contributed by atoms with van der Waals surface area (Å²) in [7, 11) is 0. The van der Waals surface area contributed by atoms with Gasteiger partial charge in [0.2, 0.25) is 0 Å². The summed E-state index contributed by atoms with van der Waals surface area (Å²) >= 11 is 1.35. The molecule has 1 heterocycles. The van der Waals surface area contributed by atoms with Crippen molar-refractivity contribution in [3.05, 3.63) is 18.0 Å². The van der Waals surface area contributed by atoms with E-state index in [4.69, 9.17) is 5.73 Å². The first-order valence-corrected chi connectivity index (χ1v) is 4.05. The molecule has 0 aliphatic rings. The van der Waals surface area contributed by atoms with E-state index in [1.54, 1.807) is 0 Å². The van der Waals surface area contributed by atoms with Crippen LogP contribution in [0.3, 0.4) is 0 Å². The fourth-order valence-electron chi connectivity index (χ4n) is 0.530. The van der Waals surface area contributed by atoms with Crippen LogP contribution in [0.1, 0.15) is 10.5 Å². The summed E-state index contributed by atoms with van der Waals surface area (Å²) in [5.74, 6) is -0.581. The molecule has 0 aromatic carbocycles. The largest absolute Gasteiger partial charge is 0.364 e. The molecular formula is C6H6N3OS. The molecule has 1 aromatic rings. The molecule has 0 spiro atoms. The molecule has 11 heavy (non-hydrogen) atoms. The molecule has 1 aromatic heterocycles. The molecule has 0 atom stereocenters. The highest BCUT2D eigenvalue weighted by atomic mass is 32.2. The van der Waals surface area contributed by atoms with Crippen molar-refractivity contribution in [2.45, 2.75) is 5.16 Å². The maximum Gasteiger partial charge on any atom is 0.268 e. The number of carbonyl (C=O) groups excluding carboxylic acids is 1. The van der Waals surface area contributed by atoms with Crippen molar-refractivity contribution in [1.29, 1.82) is 0 Å². The van der Waals surface area contributed by atoms with Crippen LogP contribution in [0.5, 0.6) is 0 Å². The van der Waals surface area contributed by atoms with Gasteiger partial charge in [0.05, 0.1) is 0 Å². The predicted octanol–water partition coefficient (Wildman–Crippen LogP) is 0.0976. The van der Waals surface area contributed by atoms with E-state index in [9.17, 15) is 4.79 Å². The molecule has 0 bridgehead atoms. The first-order valence-electron chi connectivity index (χ1n) is 2.82. The molecular weight excluding hydrogens is 162 g/mol. The van der Waals surface area contributed by atoms with E-state index in [1.165, 1.54) is 18.0 Å². The predicted molar refractivity (Wildman–Crippen MR) is 41.2 cm³/mol. The highest BCUT2D eigenvalue weighted by Gasteiger charge is 2.02. The second-order valence-electron chi connectivity index (χ2n) is 1.71. The number of hydrogen-bond acceptors (Lipinski definition) is 4. The molecule has 1 rings (SSSR count). The third kappa shape index (κ3) is 1.91. The molecule has 0 saturated carbocycles. The Morgan fingerprint density at radius 3 is 3.09 bits per heavy atom. The van der Waals surface area contributed by atoms with Gasteiger partial charge < -0.3 is 5.73 Å². The second kappa shape index (κ2) is 3.34.